The molecule has 1 aromatic heterocycles. The maximum absolute atomic E-state index is 12.4. The van der Waals surface area contributed by atoms with Gasteiger partial charge in [0.1, 0.15) is 6.04 Å². The normalized spacial score (nSPS) is 17.3. The summed E-state index contributed by atoms with van der Waals surface area (Å²) in [5.74, 6) is -1.39. The van der Waals surface area contributed by atoms with E-state index >= 15 is 0 Å². The number of carbonyl (C=O) groups excluding carboxylic acids is 1. The van der Waals surface area contributed by atoms with Crippen LogP contribution in [0.25, 0.3) is 10.9 Å². The molecule has 126 valence electrons. The number of carboxylic acids is 1. The topological polar surface area (TPSA) is 112 Å². The summed E-state index contributed by atoms with van der Waals surface area (Å²) in [5.41, 5.74) is -0.596. The van der Waals surface area contributed by atoms with E-state index in [9.17, 15) is 19.2 Å². The molecule has 2 aromatic rings. The number of carbonyl (C=O) groups is 2. The molecule has 1 amide bonds. The van der Waals surface area contributed by atoms with Crippen LogP contribution >= 0.6 is 0 Å². The van der Waals surface area contributed by atoms with Crippen molar-refractivity contribution in [3.05, 3.63) is 45.1 Å². The lowest BCUT2D eigenvalue weighted by atomic mass is 10.2. The molecule has 1 fully saturated rings. The summed E-state index contributed by atoms with van der Waals surface area (Å²) >= 11 is 0. The van der Waals surface area contributed by atoms with Crippen LogP contribution in [0.15, 0.2) is 33.9 Å². The lowest BCUT2D eigenvalue weighted by Gasteiger charge is -2.21. The number of amides is 1. The number of H-pyrrole nitrogens is 1. The Labute approximate surface area is 136 Å². The molecule has 0 aliphatic carbocycles. The number of nitrogens with zero attached hydrogens (tertiary/aromatic N) is 2. The third-order valence-electron chi connectivity index (χ3n) is 4.30. The lowest BCUT2D eigenvalue weighted by molar-refractivity contribution is -0.148. The standard InChI is InChI=1S/C16H17N3O5/c20-13(18-8-3-6-12(18)15(22)23)7-9-19-14(21)10-4-1-2-5-11(10)17-16(19)24/h1-2,4-5,12H,3,6-9H2,(H,17,24)(H,22,23)/t12-/m1/s1. The van der Waals surface area contributed by atoms with E-state index in [0.29, 0.717) is 30.3 Å². The van der Waals surface area contributed by atoms with Gasteiger partial charge in [0.05, 0.1) is 10.9 Å². The van der Waals surface area contributed by atoms with Crippen LogP contribution in [0.2, 0.25) is 0 Å². The zero-order valence-electron chi connectivity index (χ0n) is 12.9. The van der Waals surface area contributed by atoms with E-state index in [2.05, 4.69) is 4.98 Å². The van der Waals surface area contributed by atoms with Gasteiger partial charge in [-0.3, -0.25) is 14.2 Å². The molecule has 1 saturated heterocycles. The molecule has 0 spiro atoms. The fourth-order valence-electron chi connectivity index (χ4n) is 3.08. The summed E-state index contributed by atoms with van der Waals surface area (Å²) in [7, 11) is 0. The molecule has 0 bridgehead atoms. The second-order valence-electron chi connectivity index (χ2n) is 5.77. The largest absolute Gasteiger partial charge is 0.480 e. The summed E-state index contributed by atoms with van der Waals surface area (Å²) in [5, 5.41) is 9.49. The zero-order chi connectivity index (χ0) is 17.3. The Morgan fingerprint density at radius 1 is 1.25 bits per heavy atom. The van der Waals surface area contributed by atoms with Crippen molar-refractivity contribution < 1.29 is 14.7 Å². The van der Waals surface area contributed by atoms with Crippen molar-refractivity contribution in [3.8, 4) is 0 Å². The quantitative estimate of drug-likeness (QED) is 0.828. The summed E-state index contributed by atoms with van der Waals surface area (Å²) in [6.07, 6.45) is 0.974. The Hall–Kier alpha value is -2.90. The Bertz CT molecular complexity index is 914. The minimum absolute atomic E-state index is 0.0827. The number of para-hydroxylation sites is 1. The highest BCUT2D eigenvalue weighted by Gasteiger charge is 2.33. The van der Waals surface area contributed by atoms with Crippen molar-refractivity contribution in [2.24, 2.45) is 0 Å². The molecule has 1 aromatic carbocycles. The maximum Gasteiger partial charge on any atom is 0.328 e. The van der Waals surface area contributed by atoms with Crippen LogP contribution in [0.5, 0.6) is 0 Å². The number of aromatic nitrogens is 2. The number of fused-ring (bicyclic) bond motifs is 1. The van der Waals surface area contributed by atoms with Gasteiger partial charge in [0.2, 0.25) is 5.91 Å². The molecular formula is C16H17N3O5. The van der Waals surface area contributed by atoms with Gasteiger partial charge in [0, 0.05) is 19.5 Å². The molecular weight excluding hydrogens is 314 g/mol. The molecule has 8 heteroatoms. The summed E-state index contributed by atoms with van der Waals surface area (Å²) < 4.78 is 0.978. The van der Waals surface area contributed by atoms with Crippen molar-refractivity contribution in [2.75, 3.05) is 6.54 Å². The highest BCUT2D eigenvalue weighted by atomic mass is 16.4. The minimum atomic E-state index is -1.03. The van der Waals surface area contributed by atoms with E-state index in [1.807, 2.05) is 0 Å². The first kappa shape index (κ1) is 16.0. The third kappa shape index (κ3) is 2.82. The molecule has 1 aliphatic heterocycles. The lowest BCUT2D eigenvalue weighted by Crippen LogP contribution is -2.42. The summed E-state index contributed by atoms with van der Waals surface area (Å²) in [4.78, 5) is 51.7. The number of aliphatic carboxylic acids is 1. The van der Waals surface area contributed by atoms with E-state index in [0.717, 1.165) is 4.57 Å². The number of hydrogen-bond donors (Lipinski definition) is 2. The molecule has 1 atom stereocenters. The molecule has 2 heterocycles. The number of aromatic amines is 1. The molecule has 0 saturated carbocycles. The van der Waals surface area contributed by atoms with Gasteiger partial charge in [-0.1, -0.05) is 12.1 Å². The van der Waals surface area contributed by atoms with Gasteiger partial charge in [-0.05, 0) is 25.0 Å². The van der Waals surface area contributed by atoms with Crippen molar-refractivity contribution in [1.82, 2.24) is 14.5 Å². The number of benzene rings is 1. The smallest absolute Gasteiger partial charge is 0.328 e. The Morgan fingerprint density at radius 3 is 2.75 bits per heavy atom. The Balaban J connectivity index is 1.81. The average Bonchev–Trinajstić information content (AvgIpc) is 3.04. The summed E-state index contributed by atoms with van der Waals surface area (Å²) in [6, 6.07) is 5.83. The monoisotopic (exact) mass is 331 g/mol. The van der Waals surface area contributed by atoms with E-state index < -0.39 is 23.3 Å². The third-order valence-corrected chi connectivity index (χ3v) is 4.30. The number of carboxylic acid groups (broad SMARTS) is 1. The van der Waals surface area contributed by atoms with Crippen LogP contribution < -0.4 is 11.2 Å². The fraction of sp³-hybridized carbons (Fsp3) is 0.375. The fourth-order valence-corrected chi connectivity index (χ4v) is 3.08. The first-order chi connectivity index (χ1) is 11.5. The molecule has 24 heavy (non-hydrogen) atoms. The maximum atomic E-state index is 12.4. The van der Waals surface area contributed by atoms with Crippen LogP contribution in [-0.2, 0) is 16.1 Å². The Morgan fingerprint density at radius 2 is 2.00 bits per heavy atom. The first-order valence-electron chi connectivity index (χ1n) is 7.73. The number of rotatable bonds is 4. The van der Waals surface area contributed by atoms with E-state index in [-0.39, 0.29) is 18.9 Å². The first-order valence-corrected chi connectivity index (χ1v) is 7.73. The van der Waals surface area contributed by atoms with Gasteiger partial charge >= 0.3 is 11.7 Å². The van der Waals surface area contributed by atoms with E-state index in [1.165, 1.54) is 4.90 Å². The van der Waals surface area contributed by atoms with Crippen LogP contribution in [0.1, 0.15) is 19.3 Å². The van der Waals surface area contributed by atoms with Crippen molar-refractivity contribution in [2.45, 2.75) is 31.8 Å². The van der Waals surface area contributed by atoms with Crippen molar-refractivity contribution in [1.29, 1.82) is 0 Å². The van der Waals surface area contributed by atoms with Crippen LogP contribution in [0, 0.1) is 0 Å². The van der Waals surface area contributed by atoms with Gasteiger partial charge in [0.15, 0.2) is 0 Å². The number of likely N-dealkylation sites (tertiary alicyclic amines) is 1. The second kappa shape index (κ2) is 6.31. The van der Waals surface area contributed by atoms with Gasteiger partial charge < -0.3 is 15.0 Å². The van der Waals surface area contributed by atoms with Crippen molar-refractivity contribution in [3.63, 3.8) is 0 Å². The average molecular weight is 331 g/mol. The molecule has 2 N–H and O–H groups in total. The van der Waals surface area contributed by atoms with Crippen LogP contribution in [0.4, 0.5) is 0 Å². The molecule has 0 radical (unpaired) electrons. The van der Waals surface area contributed by atoms with E-state index in [4.69, 9.17) is 5.11 Å². The van der Waals surface area contributed by atoms with Gasteiger partial charge in [-0.25, -0.2) is 9.59 Å². The highest BCUT2D eigenvalue weighted by Crippen LogP contribution is 2.18. The van der Waals surface area contributed by atoms with Crippen LogP contribution in [-0.4, -0.2) is 44.0 Å². The highest BCUT2D eigenvalue weighted by molar-refractivity contribution is 5.84. The number of nitrogens with one attached hydrogen (secondary N) is 1. The van der Waals surface area contributed by atoms with Gasteiger partial charge in [-0.15, -0.1) is 0 Å². The molecule has 0 unspecified atom stereocenters. The van der Waals surface area contributed by atoms with Crippen LogP contribution in [0.3, 0.4) is 0 Å². The summed E-state index contributed by atoms with van der Waals surface area (Å²) in [6.45, 7) is 0.305. The predicted octanol–water partition coefficient (Wildman–Crippen LogP) is 0.155. The predicted molar refractivity (Wildman–Crippen MR) is 85.8 cm³/mol. The number of hydrogen-bond acceptors (Lipinski definition) is 4. The molecule has 3 rings (SSSR count). The van der Waals surface area contributed by atoms with Gasteiger partial charge in [-0.2, -0.15) is 0 Å². The van der Waals surface area contributed by atoms with Crippen molar-refractivity contribution >= 4 is 22.8 Å². The SMILES string of the molecule is O=C(O)[C@H]1CCCN1C(=O)CCn1c(=O)[nH]c2ccccc2c1=O. The van der Waals surface area contributed by atoms with Gasteiger partial charge in [0.25, 0.3) is 5.56 Å². The zero-order valence-corrected chi connectivity index (χ0v) is 12.9. The molecule has 8 nitrogen and oxygen atoms in total. The Kier molecular flexibility index (Phi) is 4.20. The second-order valence-corrected chi connectivity index (χ2v) is 5.77. The van der Waals surface area contributed by atoms with E-state index in [1.54, 1.807) is 24.3 Å². The molecule has 1 aliphatic rings. The minimum Gasteiger partial charge on any atom is -0.480 e.